The van der Waals surface area contributed by atoms with Gasteiger partial charge in [0.1, 0.15) is 0 Å². The number of non-ortho nitro benzene ring substituents is 1. The number of carbonyl (C=O) groups is 1. The Morgan fingerprint density at radius 1 is 1.29 bits per heavy atom. The van der Waals surface area contributed by atoms with Crippen molar-refractivity contribution in [2.24, 2.45) is 0 Å². The van der Waals surface area contributed by atoms with Gasteiger partial charge in [-0.15, -0.1) is 0 Å². The topological polar surface area (TPSA) is 80.4 Å². The summed E-state index contributed by atoms with van der Waals surface area (Å²) < 4.78 is 0.514. The summed E-state index contributed by atoms with van der Waals surface area (Å²) in [6.07, 6.45) is 0. The first-order valence-corrected chi connectivity index (χ1v) is 7.45. The molecule has 1 N–H and O–H groups in total. The predicted molar refractivity (Wildman–Crippen MR) is 83.1 cm³/mol. The second kappa shape index (κ2) is 6.28. The largest absolute Gasteiger partial charge is 0.478 e. The average Bonchev–Trinajstić information content (AvgIpc) is 2.42. The Hall–Kier alpha value is -1.86. The second-order valence-corrected chi connectivity index (χ2v) is 6.23. The lowest BCUT2D eigenvalue weighted by atomic mass is 10.2. The first-order chi connectivity index (χ1) is 9.88. The van der Waals surface area contributed by atoms with Gasteiger partial charge >= 0.3 is 5.97 Å². The Balaban J connectivity index is 2.32. The fraction of sp³-hybridized carbons (Fsp3) is 0.0714. The van der Waals surface area contributed by atoms with Crippen LogP contribution >= 0.6 is 27.7 Å². The maximum absolute atomic E-state index is 11.1. The summed E-state index contributed by atoms with van der Waals surface area (Å²) in [6, 6.07) is 9.64. The summed E-state index contributed by atoms with van der Waals surface area (Å²) in [6.45, 7) is 1.78. The molecule has 0 aliphatic rings. The van der Waals surface area contributed by atoms with Crippen LogP contribution in [0.5, 0.6) is 0 Å². The van der Waals surface area contributed by atoms with Crippen molar-refractivity contribution in [2.45, 2.75) is 16.7 Å². The van der Waals surface area contributed by atoms with E-state index in [1.165, 1.54) is 23.9 Å². The van der Waals surface area contributed by atoms with Gasteiger partial charge in [-0.3, -0.25) is 10.1 Å². The molecule has 0 bridgehead atoms. The molecule has 5 nitrogen and oxygen atoms in total. The van der Waals surface area contributed by atoms with Gasteiger partial charge in [-0.05, 0) is 52.7 Å². The monoisotopic (exact) mass is 367 g/mol. The van der Waals surface area contributed by atoms with Crippen molar-refractivity contribution in [3.8, 4) is 0 Å². The number of aryl methyl sites for hydroxylation is 1. The van der Waals surface area contributed by atoms with Gasteiger partial charge in [0.15, 0.2) is 0 Å². The molecule has 2 rings (SSSR count). The molecule has 0 aliphatic carbocycles. The third-order valence-electron chi connectivity index (χ3n) is 2.77. The number of nitro groups is 1. The minimum atomic E-state index is -1.01. The molecule has 0 aromatic heterocycles. The van der Waals surface area contributed by atoms with Crippen LogP contribution in [0.3, 0.4) is 0 Å². The van der Waals surface area contributed by atoms with Crippen LogP contribution in [0, 0.1) is 17.0 Å². The van der Waals surface area contributed by atoms with Gasteiger partial charge in [0.25, 0.3) is 5.69 Å². The lowest BCUT2D eigenvalue weighted by Gasteiger charge is -2.07. The molecular weight excluding hydrogens is 358 g/mol. The second-order valence-electron chi connectivity index (χ2n) is 4.26. The molecule has 0 heterocycles. The number of benzene rings is 2. The van der Waals surface area contributed by atoms with E-state index in [2.05, 4.69) is 15.9 Å². The van der Waals surface area contributed by atoms with E-state index in [1.807, 2.05) is 0 Å². The Bertz CT molecular complexity index is 733. The zero-order valence-corrected chi connectivity index (χ0v) is 13.3. The van der Waals surface area contributed by atoms with Crippen LogP contribution in [0.4, 0.5) is 5.69 Å². The van der Waals surface area contributed by atoms with E-state index in [9.17, 15) is 14.9 Å². The molecule has 2 aromatic carbocycles. The number of hydrogen-bond donors (Lipinski definition) is 1. The van der Waals surface area contributed by atoms with Crippen LogP contribution in [-0.4, -0.2) is 16.0 Å². The number of rotatable bonds is 4. The molecule has 0 radical (unpaired) electrons. The average molecular weight is 368 g/mol. The smallest absolute Gasteiger partial charge is 0.336 e. The van der Waals surface area contributed by atoms with Crippen molar-refractivity contribution in [2.75, 3.05) is 0 Å². The summed E-state index contributed by atoms with van der Waals surface area (Å²) in [7, 11) is 0. The molecule has 0 saturated heterocycles. The quantitative estimate of drug-likeness (QED) is 0.634. The number of carboxylic acids is 1. The number of aromatic carboxylic acids is 1. The first kappa shape index (κ1) is 15.5. The third kappa shape index (κ3) is 3.62. The lowest BCUT2D eigenvalue weighted by Crippen LogP contribution is -1.97. The van der Waals surface area contributed by atoms with Gasteiger partial charge in [0.2, 0.25) is 0 Å². The Morgan fingerprint density at radius 2 is 2.00 bits per heavy atom. The van der Waals surface area contributed by atoms with Gasteiger partial charge in [0.05, 0.1) is 10.5 Å². The van der Waals surface area contributed by atoms with Gasteiger partial charge < -0.3 is 5.11 Å². The zero-order chi connectivity index (χ0) is 15.6. The molecule has 0 spiro atoms. The summed E-state index contributed by atoms with van der Waals surface area (Å²) in [5, 5.41) is 19.8. The lowest BCUT2D eigenvalue weighted by molar-refractivity contribution is -0.385. The van der Waals surface area contributed by atoms with Gasteiger partial charge in [0, 0.05) is 26.4 Å². The summed E-state index contributed by atoms with van der Waals surface area (Å²) in [5.41, 5.74) is 0.993. The summed E-state index contributed by atoms with van der Waals surface area (Å²) >= 11 is 4.56. The van der Waals surface area contributed by atoms with Crippen molar-refractivity contribution >= 4 is 39.3 Å². The highest BCUT2D eigenvalue weighted by Crippen LogP contribution is 2.34. The van der Waals surface area contributed by atoms with E-state index in [0.717, 1.165) is 15.4 Å². The summed E-state index contributed by atoms with van der Waals surface area (Å²) in [5.74, 6) is -1.01. The van der Waals surface area contributed by atoms with E-state index in [-0.39, 0.29) is 11.3 Å². The fourth-order valence-corrected chi connectivity index (χ4v) is 3.06. The van der Waals surface area contributed by atoms with Crippen LogP contribution in [0.25, 0.3) is 0 Å². The highest BCUT2D eigenvalue weighted by Gasteiger charge is 2.12. The van der Waals surface area contributed by atoms with Crippen LogP contribution < -0.4 is 0 Å². The van der Waals surface area contributed by atoms with Crippen molar-refractivity contribution in [3.63, 3.8) is 0 Å². The minimum Gasteiger partial charge on any atom is -0.478 e. The van der Waals surface area contributed by atoms with E-state index >= 15 is 0 Å². The van der Waals surface area contributed by atoms with Crippen LogP contribution in [0.15, 0.2) is 50.7 Å². The van der Waals surface area contributed by atoms with E-state index < -0.39 is 10.9 Å². The predicted octanol–water partition coefficient (Wildman–Crippen LogP) is 4.52. The normalized spacial score (nSPS) is 10.4. The highest BCUT2D eigenvalue weighted by atomic mass is 79.9. The molecule has 0 aliphatic heterocycles. The number of nitro benzene ring substituents is 1. The van der Waals surface area contributed by atoms with Crippen molar-refractivity contribution < 1.29 is 14.8 Å². The van der Waals surface area contributed by atoms with Gasteiger partial charge in [-0.2, -0.15) is 0 Å². The Labute approximate surface area is 133 Å². The standard InChI is InChI=1S/C14H10BrNO4S/c1-8-6-9(16(19)20)2-5-13(8)21-10-3-4-12(15)11(7-10)14(17)18/h2-7H,1H3,(H,17,18). The SMILES string of the molecule is Cc1cc([N+](=O)[O-])ccc1Sc1ccc(Br)c(C(=O)O)c1. The molecule has 0 amide bonds. The Morgan fingerprint density at radius 3 is 2.57 bits per heavy atom. The molecule has 7 heteroatoms. The van der Waals surface area contributed by atoms with Gasteiger partial charge in [-0.25, -0.2) is 4.79 Å². The molecule has 0 unspecified atom stereocenters. The number of carboxylic acid groups (broad SMARTS) is 1. The van der Waals surface area contributed by atoms with Crippen LogP contribution in [0.2, 0.25) is 0 Å². The molecule has 21 heavy (non-hydrogen) atoms. The molecule has 0 fully saturated rings. The number of hydrogen-bond acceptors (Lipinski definition) is 4. The summed E-state index contributed by atoms with van der Waals surface area (Å²) in [4.78, 5) is 23.0. The van der Waals surface area contributed by atoms with E-state index in [4.69, 9.17) is 5.11 Å². The minimum absolute atomic E-state index is 0.0406. The molecule has 108 valence electrons. The first-order valence-electron chi connectivity index (χ1n) is 5.84. The highest BCUT2D eigenvalue weighted by molar-refractivity contribution is 9.10. The fourth-order valence-electron chi connectivity index (χ4n) is 1.72. The van der Waals surface area contributed by atoms with E-state index in [1.54, 1.807) is 31.2 Å². The molecular formula is C14H10BrNO4S. The van der Waals surface area contributed by atoms with Crippen molar-refractivity contribution in [1.82, 2.24) is 0 Å². The molecule has 2 aromatic rings. The van der Waals surface area contributed by atoms with Crippen LogP contribution in [0.1, 0.15) is 15.9 Å². The van der Waals surface area contributed by atoms with E-state index in [0.29, 0.717) is 4.47 Å². The third-order valence-corrected chi connectivity index (χ3v) is 4.62. The number of halogens is 1. The van der Waals surface area contributed by atoms with Gasteiger partial charge in [-0.1, -0.05) is 11.8 Å². The van der Waals surface area contributed by atoms with Crippen LogP contribution in [-0.2, 0) is 0 Å². The van der Waals surface area contributed by atoms with Crippen molar-refractivity contribution in [1.29, 1.82) is 0 Å². The molecule has 0 atom stereocenters. The zero-order valence-electron chi connectivity index (χ0n) is 10.9. The molecule has 0 saturated carbocycles. The number of nitrogens with zero attached hydrogens (tertiary/aromatic N) is 1. The maximum atomic E-state index is 11.1. The maximum Gasteiger partial charge on any atom is 0.336 e. The Kier molecular flexibility index (Phi) is 4.64. The van der Waals surface area contributed by atoms with Crippen molar-refractivity contribution in [3.05, 3.63) is 62.1 Å².